The Morgan fingerprint density at radius 2 is 1.95 bits per heavy atom. The number of para-hydroxylation sites is 1. The molecule has 0 fully saturated rings. The van der Waals surface area contributed by atoms with Gasteiger partial charge in [-0.2, -0.15) is 5.10 Å². The standard InChI is InChI=1S/C16H14N4/c1-13(16-12-17-8-9-18-16)11-14-7-10-20(19-14)15-5-3-2-4-6-15/h2-12H,1H3/b13-11+. The minimum atomic E-state index is 0.863. The van der Waals surface area contributed by atoms with E-state index in [-0.39, 0.29) is 0 Å². The summed E-state index contributed by atoms with van der Waals surface area (Å²) < 4.78 is 1.86. The summed E-state index contributed by atoms with van der Waals surface area (Å²) in [5, 5.41) is 4.54. The van der Waals surface area contributed by atoms with Gasteiger partial charge in [-0.3, -0.25) is 9.97 Å². The quantitative estimate of drug-likeness (QED) is 0.728. The number of hydrogen-bond donors (Lipinski definition) is 0. The Morgan fingerprint density at radius 3 is 2.70 bits per heavy atom. The minimum Gasteiger partial charge on any atom is -0.261 e. The fourth-order valence-corrected chi connectivity index (χ4v) is 1.94. The van der Waals surface area contributed by atoms with E-state index < -0.39 is 0 Å². The van der Waals surface area contributed by atoms with E-state index in [1.54, 1.807) is 18.6 Å². The smallest absolute Gasteiger partial charge is 0.0858 e. The zero-order chi connectivity index (χ0) is 13.8. The Hall–Kier alpha value is -2.75. The first kappa shape index (κ1) is 12.3. The van der Waals surface area contributed by atoms with Gasteiger partial charge in [0.15, 0.2) is 0 Å². The van der Waals surface area contributed by atoms with E-state index in [1.165, 1.54) is 0 Å². The van der Waals surface area contributed by atoms with Crippen LogP contribution in [0.4, 0.5) is 0 Å². The van der Waals surface area contributed by atoms with Gasteiger partial charge < -0.3 is 0 Å². The summed E-state index contributed by atoms with van der Waals surface area (Å²) in [6.45, 7) is 2.01. The first-order valence-electron chi connectivity index (χ1n) is 6.39. The molecule has 98 valence electrons. The molecule has 0 aliphatic rings. The molecule has 0 saturated carbocycles. The van der Waals surface area contributed by atoms with Crippen molar-refractivity contribution in [3.63, 3.8) is 0 Å². The summed E-state index contributed by atoms with van der Waals surface area (Å²) in [5.41, 5.74) is 3.85. The monoisotopic (exact) mass is 262 g/mol. The molecule has 4 nitrogen and oxygen atoms in total. The molecule has 2 aromatic heterocycles. The van der Waals surface area contributed by atoms with E-state index in [0.717, 1.165) is 22.6 Å². The topological polar surface area (TPSA) is 43.6 Å². The van der Waals surface area contributed by atoms with Crippen molar-refractivity contribution in [2.45, 2.75) is 6.92 Å². The second-order valence-corrected chi connectivity index (χ2v) is 4.44. The molecule has 0 saturated heterocycles. The summed E-state index contributed by atoms with van der Waals surface area (Å²) in [6, 6.07) is 12.0. The third kappa shape index (κ3) is 2.64. The predicted molar refractivity (Wildman–Crippen MR) is 79.1 cm³/mol. The van der Waals surface area contributed by atoms with E-state index in [0.29, 0.717) is 0 Å². The van der Waals surface area contributed by atoms with Crippen LogP contribution in [0.2, 0.25) is 0 Å². The minimum absolute atomic E-state index is 0.863. The number of nitrogens with zero attached hydrogens (tertiary/aromatic N) is 4. The maximum Gasteiger partial charge on any atom is 0.0858 e. The van der Waals surface area contributed by atoms with Crippen LogP contribution in [0.3, 0.4) is 0 Å². The summed E-state index contributed by atoms with van der Waals surface area (Å²) in [4.78, 5) is 8.35. The predicted octanol–water partition coefficient (Wildman–Crippen LogP) is 3.22. The molecule has 3 aromatic rings. The molecule has 0 amide bonds. The van der Waals surface area contributed by atoms with Crippen molar-refractivity contribution >= 4 is 11.6 Å². The van der Waals surface area contributed by atoms with Crippen molar-refractivity contribution in [3.05, 3.63) is 72.6 Å². The highest BCUT2D eigenvalue weighted by Gasteiger charge is 2.01. The molecular weight excluding hydrogens is 248 g/mol. The van der Waals surface area contributed by atoms with Gasteiger partial charge in [0.1, 0.15) is 0 Å². The molecule has 0 N–H and O–H groups in total. The third-order valence-corrected chi connectivity index (χ3v) is 2.96. The first-order chi connectivity index (χ1) is 9.83. The number of allylic oxidation sites excluding steroid dienone is 1. The van der Waals surface area contributed by atoms with E-state index in [4.69, 9.17) is 0 Å². The Labute approximate surface area is 117 Å². The van der Waals surface area contributed by atoms with Gasteiger partial charge in [0.2, 0.25) is 0 Å². The number of benzene rings is 1. The van der Waals surface area contributed by atoms with Crippen molar-refractivity contribution < 1.29 is 0 Å². The maximum absolute atomic E-state index is 4.54. The lowest BCUT2D eigenvalue weighted by molar-refractivity contribution is 0.876. The molecule has 3 rings (SSSR count). The van der Waals surface area contributed by atoms with Gasteiger partial charge in [0.05, 0.1) is 23.3 Å². The van der Waals surface area contributed by atoms with E-state index >= 15 is 0 Å². The Balaban J connectivity index is 1.88. The molecule has 0 aliphatic carbocycles. The molecule has 0 spiro atoms. The molecule has 20 heavy (non-hydrogen) atoms. The van der Waals surface area contributed by atoms with Gasteiger partial charge in [-0.25, -0.2) is 4.68 Å². The van der Waals surface area contributed by atoms with Gasteiger partial charge in [-0.15, -0.1) is 0 Å². The van der Waals surface area contributed by atoms with Gasteiger partial charge in [0.25, 0.3) is 0 Å². The van der Waals surface area contributed by atoms with Crippen LogP contribution in [0, 0.1) is 0 Å². The maximum atomic E-state index is 4.54. The molecule has 0 bridgehead atoms. The number of hydrogen-bond acceptors (Lipinski definition) is 3. The first-order valence-corrected chi connectivity index (χ1v) is 6.39. The van der Waals surface area contributed by atoms with Crippen LogP contribution < -0.4 is 0 Å². The van der Waals surface area contributed by atoms with Crippen LogP contribution in [0.25, 0.3) is 17.3 Å². The molecule has 0 atom stereocenters. The van der Waals surface area contributed by atoms with Crippen molar-refractivity contribution in [1.82, 2.24) is 19.7 Å². The zero-order valence-corrected chi connectivity index (χ0v) is 11.1. The van der Waals surface area contributed by atoms with Gasteiger partial charge >= 0.3 is 0 Å². The second-order valence-electron chi connectivity index (χ2n) is 4.44. The molecule has 4 heteroatoms. The zero-order valence-electron chi connectivity index (χ0n) is 11.1. The lowest BCUT2D eigenvalue weighted by Crippen LogP contribution is -1.94. The lowest BCUT2D eigenvalue weighted by Gasteiger charge is -2.00. The molecule has 0 aliphatic heterocycles. The fraction of sp³-hybridized carbons (Fsp3) is 0.0625. The van der Waals surface area contributed by atoms with Crippen molar-refractivity contribution in [3.8, 4) is 5.69 Å². The van der Waals surface area contributed by atoms with E-state index in [9.17, 15) is 0 Å². The van der Waals surface area contributed by atoms with Gasteiger partial charge in [-0.05, 0) is 36.8 Å². The average Bonchev–Trinajstić information content (AvgIpc) is 2.97. The lowest BCUT2D eigenvalue weighted by atomic mass is 10.2. The number of aromatic nitrogens is 4. The Bertz CT molecular complexity index is 715. The SMILES string of the molecule is C/C(=C\c1ccn(-c2ccccc2)n1)c1cnccn1. The van der Waals surface area contributed by atoms with Crippen LogP contribution in [-0.4, -0.2) is 19.7 Å². The van der Waals surface area contributed by atoms with Gasteiger partial charge in [0, 0.05) is 18.6 Å². The third-order valence-electron chi connectivity index (χ3n) is 2.96. The van der Waals surface area contributed by atoms with Crippen molar-refractivity contribution in [2.24, 2.45) is 0 Å². The normalized spacial score (nSPS) is 11.6. The highest BCUT2D eigenvalue weighted by molar-refractivity contribution is 5.77. The average molecular weight is 262 g/mol. The highest BCUT2D eigenvalue weighted by atomic mass is 15.3. The van der Waals surface area contributed by atoms with Gasteiger partial charge in [-0.1, -0.05) is 18.2 Å². The van der Waals surface area contributed by atoms with Crippen LogP contribution in [0.1, 0.15) is 18.3 Å². The molecular formula is C16H14N4. The van der Waals surface area contributed by atoms with Crippen LogP contribution in [0.15, 0.2) is 61.2 Å². The van der Waals surface area contributed by atoms with Crippen LogP contribution in [-0.2, 0) is 0 Å². The van der Waals surface area contributed by atoms with Crippen LogP contribution >= 0.6 is 0 Å². The largest absolute Gasteiger partial charge is 0.261 e. The second kappa shape index (κ2) is 5.48. The van der Waals surface area contributed by atoms with Crippen molar-refractivity contribution in [2.75, 3.05) is 0 Å². The van der Waals surface area contributed by atoms with Crippen LogP contribution in [0.5, 0.6) is 0 Å². The van der Waals surface area contributed by atoms with E-state index in [2.05, 4.69) is 15.1 Å². The fourth-order valence-electron chi connectivity index (χ4n) is 1.94. The summed E-state index contributed by atoms with van der Waals surface area (Å²) in [5.74, 6) is 0. The molecule has 0 unspecified atom stereocenters. The molecule has 2 heterocycles. The highest BCUT2D eigenvalue weighted by Crippen LogP contribution is 2.14. The summed E-state index contributed by atoms with van der Waals surface area (Å²) in [6.07, 6.45) is 9.06. The Kier molecular flexibility index (Phi) is 3.37. The molecule has 0 radical (unpaired) electrons. The van der Waals surface area contributed by atoms with Crippen molar-refractivity contribution in [1.29, 1.82) is 0 Å². The number of rotatable bonds is 3. The summed E-state index contributed by atoms with van der Waals surface area (Å²) >= 11 is 0. The Morgan fingerprint density at radius 1 is 1.10 bits per heavy atom. The summed E-state index contributed by atoms with van der Waals surface area (Å²) in [7, 11) is 0. The van der Waals surface area contributed by atoms with E-state index in [1.807, 2.05) is 60.3 Å². The molecule has 1 aromatic carbocycles.